The van der Waals surface area contributed by atoms with Crippen molar-refractivity contribution in [2.45, 2.75) is 6.92 Å². The van der Waals surface area contributed by atoms with Crippen LogP contribution in [-0.4, -0.2) is 53.6 Å². The summed E-state index contributed by atoms with van der Waals surface area (Å²) < 4.78 is 5.62. The molecule has 0 bridgehead atoms. The summed E-state index contributed by atoms with van der Waals surface area (Å²) in [5.74, 6) is 1.04. The second-order valence-electron chi connectivity index (χ2n) is 5.40. The van der Waals surface area contributed by atoms with Crippen molar-refractivity contribution in [1.29, 1.82) is 0 Å². The quantitative estimate of drug-likeness (QED) is 0.795. The monoisotopic (exact) mass is 317 g/mol. The third kappa shape index (κ3) is 3.06. The van der Waals surface area contributed by atoms with Gasteiger partial charge < -0.3 is 19.9 Å². The third-order valence-electron chi connectivity index (χ3n) is 4.00. The minimum absolute atomic E-state index is 0.125. The van der Waals surface area contributed by atoms with Gasteiger partial charge >= 0.3 is 0 Å². The lowest BCUT2D eigenvalue weighted by atomic mass is 10.1. The van der Waals surface area contributed by atoms with Crippen LogP contribution in [0.2, 0.25) is 0 Å². The van der Waals surface area contributed by atoms with E-state index in [4.69, 9.17) is 17.0 Å². The summed E-state index contributed by atoms with van der Waals surface area (Å²) in [4.78, 5) is 15.3. The molecule has 5 nitrogen and oxygen atoms in total. The van der Waals surface area contributed by atoms with Gasteiger partial charge in [-0.05, 0) is 18.3 Å². The van der Waals surface area contributed by atoms with Crippen LogP contribution in [0.15, 0.2) is 30.5 Å². The lowest BCUT2D eigenvalue weighted by Crippen LogP contribution is -2.52. The van der Waals surface area contributed by atoms with E-state index in [1.807, 2.05) is 35.4 Å². The number of para-hydroxylation sites is 1. The van der Waals surface area contributed by atoms with E-state index >= 15 is 0 Å². The van der Waals surface area contributed by atoms with Gasteiger partial charge in [0, 0.05) is 50.4 Å². The van der Waals surface area contributed by atoms with E-state index in [1.165, 1.54) is 0 Å². The number of amides is 1. The molecule has 2 aliphatic rings. The number of rotatable bonds is 1. The Hall–Kier alpha value is -2.08. The molecule has 1 N–H and O–H groups in total. The molecule has 0 saturated carbocycles. The third-order valence-corrected chi connectivity index (χ3v) is 4.37. The largest absolute Gasteiger partial charge is 0.488 e. The van der Waals surface area contributed by atoms with E-state index in [1.54, 1.807) is 6.92 Å². The number of ether oxygens (including phenoxy) is 1. The van der Waals surface area contributed by atoms with Crippen molar-refractivity contribution >= 4 is 28.8 Å². The van der Waals surface area contributed by atoms with Crippen molar-refractivity contribution in [1.82, 2.24) is 15.1 Å². The summed E-state index contributed by atoms with van der Waals surface area (Å²) in [6.45, 7) is 5.14. The van der Waals surface area contributed by atoms with Gasteiger partial charge in [-0.3, -0.25) is 4.79 Å². The summed E-state index contributed by atoms with van der Waals surface area (Å²) in [6.07, 6.45) is 1.92. The molecule has 1 amide bonds. The van der Waals surface area contributed by atoms with Crippen LogP contribution in [0.4, 0.5) is 0 Å². The fourth-order valence-electron chi connectivity index (χ4n) is 2.68. The number of nitrogens with one attached hydrogen (secondary N) is 1. The topological polar surface area (TPSA) is 44.8 Å². The molecule has 0 atom stereocenters. The van der Waals surface area contributed by atoms with Crippen LogP contribution in [-0.2, 0) is 4.79 Å². The molecule has 2 heterocycles. The number of piperazine rings is 1. The molecule has 6 heteroatoms. The fraction of sp³-hybridized carbons (Fsp3) is 0.375. The number of carbonyl (C=O) groups is 1. The van der Waals surface area contributed by atoms with Crippen molar-refractivity contribution in [2.24, 2.45) is 0 Å². The zero-order valence-corrected chi connectivity index (χ0v) is 13.4. The highest BCUT2D eigenvalue weighted by atomic mass is 32.1. The molecule has 22 heavy (non-hydrogen) atoms. The first-order valence-corrected chi connectivity index (χ1v) is 7.78. The Morgan fingerprint density at radius 3 is 2.64 bits per heavy atom. The molecule has 0 aliphatic carbocycles. The first-order valence-electron chi connectivity index (χ1n) is 7.37. The maximum Gasteiger partial charge on any atom is 0.219 e. The zero-order valence-electron chi connectivity index (χ0n) is 12.5. The maximum absolute atomic E-state index is 11.3. The minimum atomic E-state index is 0.125. The molecule has 1 saturated heterocycles. The van der Waals surface area contributed by atoms with Crippen LogP contribution in [0, 0.1) is 0 Å². The zero-order chi connectivity index (χ0) is 15.5. The van der Waals surface area contributed by atoms with Crippen LogP contribution in [0.3, 0.4) is 0 Å². The van der Waals surface area contributed by atoms with Crippen molar-refractivity contribution in [3.8, 4) is 5.75 Å². The van der Waals surface area contributed by atoms with E-state index in [9.17, 15) is 4.79 Å². The Morgan fingerprint density at radius 2 is 1.91 bits per heavy atom. The second-order valence-corrected chi connectivity index (χ2v) is 5.78. The number of benzene rings is 1. The number of hydrogen-bond donors (Lipinski definition) is 1. The molecular weight excluding hydrogens is 298 g/mol. The van der Waals surface area contributed by atoms with Gasteiger partial charge in [-0.15, -0.1) is 0 Å². The average molecular weight is 317 g/mol. The lowest BCUT2D eigenvalue weighted by Gasteiger charge is -2.35. The predicted octanol–water partition coefficient (Wildman–Crippen LogP) is 1.46. The van der Waals surface area contributed by atoms with Gasteiger partial charge in [-0.1, -0.05) is 18.2 Å². The first kappa shape index (κ1) is 14.8. The highest BCUT2D eigenvalue weighted by Crippen LogP contribution is 2.31. The molecular formula is C16H19N3O2S. The number of hydrogen-bond acceptors (Lipinski definition) is 3. The van der Waals surface area contributed by atoms with Gasteiger partial charge in [0.25, 0.3) is 0 Å². The molecule has 0 spiro atoms. The maximum atomic E-state index is 11.3. The van der Waals surface area contributed by atoms with Gasteiger partial charge in [0.1, 0.15) is 12.4 Å². The molecule has 0 unspecified atom stereocenters. The predicted molar refractivity (Wildman–Crippen MR) is 89.5 cm³/mol. The van der Waals surface area contributed by atoms with E-state index in [0.29, 0.717) is 11.7 Å². The number of nitrogens with zero attached hydrogens (tertiary/aromatic N) is 2. The summed E-state index contributed by atoms with van der Waals surface area (Å²) in [5, 5.41) is 3.89. The molecule has 2 aliphatic heterocycles. The molecule has 1 fully saturated rings. The summed E-state index contributed by atoms with van der Waals surface area (Å²) in [7, 11) is 0. The Labute approximate surface area is 135 Å². The molecule has 116 valence electrons. The molecule has 3 rings (SSSR count). The SMILES string of the molecule is CC(=O)N1CCN(C(=S)N/C=C2/COc3ccccc32)CC1. The Kier molecular flexibility index (Phi) is 4.29. The van der Waals surface area contributed by atoms with Gasteiger partial charge in [0.15, 0.2) is 5.11 Å². The van der Waals surface area contributed by atoms with Crippen LogP contribution in [0.1, 0.15) is 12.5 Å². The number of fused-ring (bicyclic) bond motifs is 1. The minimum Gasteiger partial charge on any atom is -0.488 e. The Balaban J connectivity index is 1.58. The number of thiocarbonyl (C=S) groups is 1. The van der Waals surface area contributed by atoms with Crippen molar-refractivity contribution in [2.75, 3.05) is 32.8 Å². The molecule has 1 aromatic rings. The highest BCUT2D eigenvalue weighted by Gasteiger charge is 2.21. The van der Waals surface area contributed by atoms with E-state index in [2.05, 4.69) is 10.2 Å². The fourth-order valence-corrected chi connectivity index (χ4v) is 2.92. The Bertz CT molecular complexity index is 622. The van der Waals surface area contributed by atoms with Crippen molar-refractivity contribution in [3.63, 3.8) is 0 Å². The van der Waals surface area contributed by atoms with Gasteiger partial charge in [-0.25, -0.2) is 0 Å². The van der Waals surface area contributed by atoms with Crippen LogP contribution in [0.25, 0.3) is 5.57 Å². The molecule has 1 aromatic carbocycles. The standard InChI is InChI=1S/C16H19N3O2S/c1-12(20)18-6-8-19(9-7-18)16(22)17-10-13-11-21-15-5-3-2-4-14(13)15/h2-5,10H,6-9,11H2,1H3,(H,17,22)/b13-10-. The second kappa shape index (κ2) is 6.36. The summed E-state index contributed by atoms with van der Waals surface area (Å²) in [5.41, 5.74) is 2.21. The average Bonchev–Trinajstić information content (AvgIpc) is 2.96. The Morgan fingerprint density at radius 1 is 1.23 bits per heavy atom. The highest BCUT2D eigenvalue weighted by molar-refractivity contribution is 7.80. The van der Waals surface area contributed by atoms with Gasteiger partial charge in [0.05, 0.1) is 0 Å². The first-order chi connectivity index (χ1) is 10.6. The number of carbonyl (C=O) groups excluding carboxylic acids is 1. The van der Waals surface area contributed by atoms with Crippen LogP contribution >= 0.6 is 12.2 Å². The van der Waals surface area contributed by atoms with Gasteiger partial charge in [0.2, 0.25) is 5.91 Å². The van der Waals surface area contributed by atoms with E-state index in [0.717, 1.165) is 43.1 Å². The summed E-state index contributed by atoms with van der Waals surface area (Å²) in [6, 6.07) is 7.98. The molecule has 0 aromatic heterocycles. The smallest absolute Gasteiger partial charge is 0.219 e. The molecule has 0 radical (unpaired) electrons. The summed E-state index contributed by atoms with van der Waals surface area (Å²) >= 11 is 5.44. The normalized spacial score (nSPS) is 18.9. The van der Waals surface area contributed by atoms with Gasteiger partial charge in [-0.2, -0.15) is 0 Å². The lowest BCUT2D eigenvalue weighted by molar-refractivity contribution is -0.130. The van der Waals surface area contributed by atoms with Crippen LogP contribution < -0.4 is 10.1 Å². The van der Waals surface area contributed by atoms with Crippen molar-refractivity contribution in [3.05, 3.63) is 36.0 Å². The van der Waals surface area contributed by atoms with E-state index in [-0.39, 0.29) is 5.91 Å². The van der Waals surface area contributed by atoms with Crippen molar-refractivity contribution < 1.29 is 9.53 Å². The van der Waals surface area contributed by atoms with Crippen LogP contribution in [0.5, 0.6) is 5.75 Å². The van der Waals surface area contributed by atoms with E-state index < -0.39 is 0 Å².